The molecule has 4 heteroatoms. The second-order valence-electron chi connectivity index (χ2n) is 2.96. The number of halogens is 1. The van der Waals surface area contributed by atoms with Crippen LogP contribution in [0.3, 0.4) is 0 Å². The fourth-order valence-electron chi connectivity index (χ4n) is 1.00. The third-order valence-corrected chi connectivity index (χ3v) is 2.28. The van der Waals surface area contributed by atoms with E-state index in [4.69, 9.17) is 15.2 Å². The van der Waals surface area contributed by atoms with Gasteiger partial charge in [-0.2, -0.15) is 0 Å². The van der Waals surface area contributed by atoms with E-state index in [0.29, 0.717) is 18.0 Å². The molecule has 0 aliphatic rings. The second-order valence-corrected chi connectivity index (χ2v) is 3.88. The minimum atomic E-state index is -0.00919. The van der Waals surface area contributed by atoms with E-state index < -0.39 is 0 Å². The van der Waals surface area contributed by atoms with Crippen molar-refractivity contribution in [1.82, 2.24) is 0 Å². The summed E-state index contributed by atoms with van der Waals surface area (Å²) in [7, 11) is 1.61. The monoisotopic (exact) mass is 259 g/mol. The molecule has 1 aromatic carbocycles. The third kappa shape index (κ3) is 2.89. The van der Waals surface area contributed by atoms with Crippen LogP contribution >= 0.6 is 15.9 Å². The average Bonchev–Trinajstić information content (AvgIpc) is 2.20. The van der Waals surface area contributed by atoms with Crippen molar-refractivity contribution in [1.29, 1.82) is 0 Å². The first-order valence-corrected chi connectivity index (χ1v) is 5.17. The molecule has 0 saturated carbocycles. The lowest BCUT2D eigenvalue weighted by atomic mass is 10.3. The largest absolute Gasteiger partial charge is 0.493 e. The lowest BCUT2D eigenvalue weighted by Gasteiger charge is -2.15. The summed E-state index contributed by atoms with van der Waals surface area (Å²) in [6.07, 6.45) is -0.00919. The maximum absolute atomic E-state index is 5.57. The molecule has 1 rings (SSSR count). The lowest BCUT2D eigenvalue weighted by Crippen LogP contribution is -2.23. The highest BCUT2D eigenvalue weighted by molar-refractivity contribution is 9.10. The van der Waals surface area contributed by atoms with Crippen LogP contribution in [0.1, 0.15) is 6.92 Å². The van der Waals surface area contributed by atoms with Crippen molar-refractivity contribution in [3.63, 3.8) is 0 Å². The van der Waals surface area contributed by atoms with Crippen LogP contribution in [0.2, 0.25) is 0 Å². The summed E-state index contributed by atoms with van der Waals surface area (Å²) in [5.74, 6) is 1.42. The minimum Gasteiger partial charge on any atom is -0.493 e. The number of benzene rings is 1. The number of methoxy groups -OCH3 is 1. The molecule has 0 aliphatic carbocycles. The Labute approximate surface area is 92.3 Å². The van der Waals surface area contributed by atoms with Crippen LogP contribution in [0.5, 0.6) is 11.5 Å². The van der Waals surface area contributed by atoms with Crippen LogP contribution in [0, 0.1) is 0 Å². The van der Waals surface area contributed by atoms with E-state index in [9.17, 15) is 0 Å². The predicted octanol–water partition coefficient (Wildman–Crippen LogP) is 2.18. The first-order valence-electron chi connectivity index (χ1n) is 4.37. The van der Waals surface area contributed by atoms with Crippen LogP contribution in [0.15, 0.2) is 22.7 Å². The first-order chi connectivity index (χ1) is 6.67. The fraction of sp³-hybridized carbons (Fsp3) is 0.400. The summed E-state index contributed by atoms with van der Waals surface area (Å²) < 4.78 is 11.7. The molecule has 1 atom stereocenters. The Hall–Kier alpha value is -0.740. The smallest absolute Gasteiger partial charge is 0.161 e. The average molecular weight is 260 g/mol. The molecule has 1 unspecified atom stereocenters. The molecule has 3 nitrogen and oxygen atoms in total. The van der Waals surface area contributed by atoms with Gasteiger partial charge in [-0.25, -0.2) is 0 Å². The molecule has 0 bridgehead atoms. The van der Waals surface area contributed by atoms with Gasteiger partial charge in [0.2, 0.25) is 0 Å². The molecular formula is C10H14BrNO2. The standard InChI is InChI=1S/C10H14BrNO2/c1-7(6-12)14-9-4-3-8(11)5-10(9)13-2/h3-5,7H,6,12H2,1-2H3. The lowest BCUT2D eigenvalue weighted by molar-refractivity contribution is 0.219. The van der Waals surface area contributed by atoms with E-state index in [-0.39, 0.29) is 6.10 Å². The van der Waals surface area contributed by atoms with Gasteiger partial charge in [-0.15, -0.1) is 0 Å². The maximum atomic E-state index is 5.57. The Bertz CT molecular complexity index is 304. The highest BCUT2D eigenvalue weighted by Gasteiger charge is 2.07. The van der Waals surface area contributed by atoms with E-state index in [1.54, 1.807) is 7.11 Å². The van der Waals surface area contributed by atoms with Crippen LogP contribution < -0.4 is 15.2 Å². The molecule has 1 aromatic rings. The maximum Gasteiger partial charge on any atom is 0.161 e. The molecule has 0 fully saturated rings. The molecule has 0 amide bonds. The minimum absolute atomic E-state index is 0.00919. The number of hydrogen-bond acceptors (Lipinski definition) is 3. The van der Waals surface area contributed by atoms with Crippen LogP contribution in [-0.4, -0.2) is 19.8 Å². The van der Waals surface area contributed by atoms with Crippen molar-refractivity contribution < 1.29 is 9.47 Å². The Balaban J connectivity index is 2.85. The summed E-state index contributed by atoms with van der Waals surface area (Å²) in [5, 5.41) is 0. The van der Waals surface area contributed by atoms with Gasteiger partial charge in [-0.1, -0.05) is 15.9 Å². The number of ether oxygens (including phenoxy) is 2. The highest BCUT2D eigenvalue weighted by Crippen LogP contribution is 2.30. The van der Waals surface area contributed by atoms with Gasteiger partial charge in [-0.3, -0.25) is 0 Å². The summed E-state index contributed by atoms with van der Waals surface area (Å²) in [5.41, 5.74) is 5.47. The summed E-state index contributed by atoms with van der Waals surface area (Å²) in [4.78, 5) is 0. The van der Waals surface area contributed by atoms with Gasteiger partial charge in [0.25, 0.3) is 0 Å². The summed E-state index contributed by atoms with van der Waals surface area (Å²) >= 11 is 3.36. The molecule has 2 N–H and O–H groups in total. The first kappa shape index (κ1) is 11.3. The van der Waals surface area contributed by atoms with Crippen LogP contribution in [0.25, 0.3) is 0 Å². The molecule has 0 aliphatic heterocycles. The van der Waals surface area contributed by atoms with E-state index in [1.807, 2.05) is 25.1 Å². The summed E-state index contributed by atoms with van der Waals surface area (Å²) in [6, 6.07) is 5.62. The van der Waals surface area contributed by atoms with Crippen molar-refractivity contribution in [3.05, 3.63) is 22.7 Å². The van der Waals surface area contributed by atoms with Gasteiger partial charge < -0.3 is 15.2 Å². The second kappa shape index (κ2) is 5.22. The molecule has 0 spiro atoms. The molecule has 14 heavy (non-hydrogen) atoms. The van der Waals surface area contributed by atoms with Gasteiger partial charge in [0.1, 0.15) is 6.10 Å². The SMILES string of the molecule is COc1cc(Br)ccc1OC(C)CN. The zero-order valence-electron chi connectivity index (χ0n) is 8.29. The highest BCUT2D eigenvalue weighted by atomic mass is 79.9. The molecule has 0 saturated heterocycles. The number of hydrogen-bond donors (Lipinski definition) is 1. The van der Waals surface area contributed by atoms with Crippen molar-refractivity contribution in [2.45, 2.75) is 13.0 Å². The molecule has 0 radical (unpaired) electrons. The predicted molar refractivity (Wildman–Crippen MR) is 59.8 cm³/mol. The van der Waals surface area contributed by atoms with E-state index in [1.165, 1.54) is 0 Å². The number of nitrogens with two attached hydrogens (primary N) is 1. The zero-order chi connectivity index (χ0) is 10.6. The van der Waals surface area contributed by atoms with Gasteiger partial charge in [0.05, 0.1) is 7.11 Å². The van der Waals surface area contributed by atoms with Crippen molar-refractivity contribution in [3.8, 4) is 11.5 Å². The third-order valence-electron chi connectivity index (χ3n) is 1.79. The topological polar surface area (TPSA) is 44.5 Å². The van der Waals surface area contributed by atoms with E-state index in [0.717, 1.165) is 4.47 Å². The Morgan fingerprint density at radius 2 is 2.14 bits per heavy atom. The van der Waals surface area contributed by atoms with Gasteiger partial charge in [0, 0.05) is 11.0 Å². The van der Waals surface area contributed by atoms with E-state index >= 15 is 0 Å². The van der Waals surface area contributed by atoms with Gasteiger partial charge >= 0.3 is 0 Å². The Morgan fingerprint density at radius 1 is 1.43 bits per heavy atom. The van der Waals surface area contributed by atoms with Crippen molar-refractivity contribution in [2.24, 2.45) is 5.73 Å². The van der Waals surface area contributed by atoms with Crippen LogP contribution in [0.4, 0.5) is 0 Å². The summed E-state index contributed by atoms with van der Waals surface area (Å²) in [6.45, 7) is 2.40. The van der Waals surface area contributed by atoms with Crippen molar-refractivity contribution >= 4 is 15.9 Å². The fourth-order valence-corrected chi connectivity index (χ4v) is 1.34. The molecule has 78 valence electrons. The molecule has 0 heterocycles. The van der Waals surface area contributed by atoms with Gasteiger partial charge in [0.15, 0.2) is 11.5 Å². The van der Waals surface area contributed by atoms with Crippen LogP contribution in [-0.2, 0) is 0 Å². The zero-order valence-corrected chi connectivity index (χ0v) is 9.87. The normalized spacial score (nSPS) is 12.3. The number of rotatable bonds is 4. The molecule has 0 aromatic heterocycles. The van der Waals surface area contributed by atoms with E-state index in [2.05, 4.69) is 15.9 Å². The Kier molecular flexibility index (Phi) is 4.22. The van der Waals surface area contributed by atoms with Crippen molar-refractivity contribution in [2.75, 3.05) is 13.7 Å². The quantitative estimate of drug-likeness (QED) is 0.902. The molecular weight excluding hydrogens is 246 g/mol. The Morgan fingerprint density at radius 3 is 2.71 bits per heavy atom. The van der Waals surface area contributed by atoms with Gasteiger partial charge in [-0.05, 0) is 25.1 Å².